The third kappa shape index (κ3) is 3.56. The van der Waals surface area contributed by atoms with E-state index >= 15 is 0 Å². The number of ether oxygens (including phenoxy) is 1. The van der Waals surface area contributed by atoms with Crippen LogP contribution in [0.1, 0.15) is 16.2 Å². The van der Waals surface area contributed by atoms with Crippen molar-refractivity contribution in [2.24, 2.45) is 0 Å². The Morgan fingerprint density at radius 1 is 1.52 bits per heavy atom. The third-order valence-electron chi connectivity index (χ3n) is 2.84. The molecule has 0 aliphatic carbocycles. The van der Waals surface area contributed by atoms with E-state index in [1.807, 2.05) is 0 Å². The largest absolute Gasteiger partial charge is 0.496 e. The van der Waals surface area contributed by atoms with Crippen LogP contribution in [0.3, 0.4) is 0 Å². The van der Waals surface area contributed by atoms with E-state index in [-0.39, 0.29) is 17.0 Å². The van der Waals surface area contributed by atoms with Crippen molar-refractivity contribution in [1.29, 1.82) is 0 Å². The number of imidazole rings is 1. The molecule has 0 bridgehead atoms. The van der Waals surface area contributed by atoms with E-state index in [0.29, 0.717) is 13.0 Å². The highest BCUT2D eigenvalue weighted by Crippen LogP contribution is 2.23. The first kappa shape index (κ1) is 14.5. The molecule has 8 nitrogen and oxygen atoms in total. The van der Waals surface area contributed by atoms with Gasteiger partial charge in [-0.2, -0.15) is 0 Å². The van der Waals surface area contributed by atoms with Gasteiger partial charge in [-0.05, 0) is 6.07 Å². The second-order valence-corrected chi connectivity index (χ2v) is 4.18. The lowest BCUT2D eigenvalue weighted by molar-refractivity contribution is -0.384. The molecule has 2 N–H and O–H groups in total. The number of rotatable bonds is 6. The fourth-order valence-corrected chi connectivity index (χ4v) is 1.81. The fraction of sp³-hybridized carbons (Fsp3) is 0.231. The quantitative estimate of drug-likeness (QED) is 0.615. The van der Waals surface area contributed by atoms with Gasteiger partial charge in [0.2, 0.25) is 0 Å². The predicted molar refractivity (Wildman–Crippen MR) is 74.3 cm³/mol. The summed E-state index contributed by atoms with van der Waals surface area (Å²) < 4.78 is 5.05. The van der Waals surface area contributed by atoms with Gasteiger partial charge in [0.05, 0.1) is 17.6 Å². The Labute approximate surface area is 120 Å². The van der Waals surface area contributed by atoms with Crippen molar-refractivity contribution in [3.63, 3.8) is 0 Å². The number of methoxy groups -OCH3 is 1. The number of hydrogen-bond donors (Lipinski definition) is 2. The number of benzene rings is 1. The predicted octanol–water partition coefficient (Wildman–Crippen LogP) is 1.30. The maximum atomic E-state index is 12.1. The van der Waals surface area contributed by atoms with Crippen LogP contribution in [0.4, 0.5) is 5.69 Å². The monoisotopic (exact) mass is 290 g/mol. The summed E-state index contributed by atoms with van der Waals surface area (Å²) in [6.07, 6.45) is 3.86. The van der Waals surface area contributed by atoms with Crippen LogP contribution in [-0.4, -0.2) is 34.5 Å². The highest BCUT2D eigenvalue weighted by atomic mass is 16.6. The highest BCUT2D eigenvalue weighted by Gasteiger charge is 2.17. The number of amides is 1. The number of aromatic amines is 1. The maximum absolute atomic E-state index is 12.1. The summed E-state index contributed by atoms with van der Waals surface area (Å²) in [5.74, 6) is 0.611. The molecule has 1 heterocycles. The zero-order valence-electron chi connectivity index (χ0n) is 11.3. The Hall–Kier alpha value is -2.90. The van der Waals surface area contributed by atoms with Crippen LogP contribution in [0.15, 0.2) is 30.6 Å². The first-order valence-corrected chi connectivity index (χ1v) is 6.20. The molecule has 2 aromatic rings. The van der Waals surface area contributed by atoms with Gasteiger partial charge < -0.3 is 15.0 Å². The Morgan fingerprint density at radius 2 is 2.33 bits per heavy atom. The van der Waals surface area contributed by atoms with Gasteiger partial charge in [-0.1, -0.05) is 0 Å². The summed E-state index contributed by atoms with van der Waals surface area (Å²) in [4.78, 5) is 29.2. The summed E-state index contributed by atoms with van der Waals surface area (Å²) in [5, 5.41) is 13.4. The molecule has 0 saturated heterocycles. The molecule has 1 amide bonds. The molecular weight excluding hydrogens is 276 g/mol. The van der Waals surface area contributed by atoms with E-state index in [9.17, 15) is 14.9 Å². The molecule has 8 heteroatoms. The molecule has 1 aromatic heterocycles. The van der Waals surface area contributed by atoms with Crippen LogP contribution in [0.5, 0.6) is 5.75 Å². The van der Waals surface area contributed by atoms with Crippen molar-refractivity contribution in [2.75, 3.05) is 13.7 Å². The number of hydrogen-bond acceptors (Lipinski definition) is 5. The van der Waals surface area contributed by atoms with Crippen LogP contribution in [0.25, 0.3) is 0 Å². The average molecular weight is 290 g/mol. The van der Waals surface area contributed by atoms with Crippen LogP contribution in [-0.2, 0) is 6.42 Å². The second-order valence-electron chi connectivity index (χ2n) is 4.18. The molecule has 110 valence electrons. The lowest BCUT2D eigenvalue weighted by atomic mass is 10.1. The van der Waals surface area contributed by atoms with Crippen LogP contribution in [0.2, 0.25) is 0 Å². The zero-order chi connectivity index (χ0) is 15.2. The minimum Gasteiger partial charge on any atom is -0.496 e. The van der Waals surface area contributed by atoms with Crippen molar-refractivity contribution in [3.8, 4) is 5.75 Å². The first-order chi connectivity index (χ1) is 10.1. The molecule has 21 heavy (non-hydrogen) atoms. The van der Waals surface area contributed by atoms with Gasteiger partial charge in [-0.15, -0.1) is 0 Å². The van der Waals surface area contributed by atoms with Gasteiger partial charge in [0.1, 0.15) is 11.6 Å². The number of carbonyl (C=O) groups is 1. The lowest BCUT2D eigenvalue weighted by Crippen LogP contribution is -2.26. The highest BCUT2D eigenvalue weighted by molar-refractivity contribution is 5.97. The molecule has 0 atom stereocenters. The standard InChI is InChI=1S/C13H14N4O4/c1-21-11-3-2-9(17(19)20)8-10(11)13(18)16-5-4-12-14-6-7-15-12/h2-3,6-8H,4-5H2,1H3,(H,14,15)(H,16,18). The molecular formula is C13H14N4O4. The normalized spacial score (nSPS) is 10.1. The Kier molecular flexibility index (Phi) is 4.50. The Bertz CT molecular complexity index is 640. The Balaban J connectivity index is 2.06. The molecule has 0 aliphatic rings. The summed E-state index contributed by atoms with van der Waals surface area (Å²) in [6, 6.07) is 3.89. The van der Waals surface area contributed by atoms with Crippen molar-refractivity contribution in [1.82, 2.24) is 15.3 Å². The third-order valence-corrected chi connectivity index (χ3v) is 2.84. The van der Waals surface area contributed by atoms with Crippen LogP contribution in [0, 0.1) is 10.1 Å². The van der Waals surface area contributed by atoms with E-state index in [2.05, 4.69) is 15.3 Å². The van der Waals surface area contributed by atoms with Gasteiger partial charge in [0.25, 0.3) is 11.6 Å². The molecule has 0 spiro atoms. The number of aromatic nitrogens is 2. The second kappa shape index (κ2) is 6.51. The molecule has 0 aliphatic heterocycles. The van der Waals surface area contributed by atoms with Gasteiger partial charge >= 0.3 is 0 Å². The van der Waals surface area contributed by atoms with Crippen molar-refractivity contribution in [2.45, 2.75) is 6.42 Å². The molecule has 2 rings (SSSR count). The van der Waals surface area contributed by atoms with Gasteiger partial charge in [-0.3, -0.25) is 14.9 Å². The molecule has 1 aromatic carbocycles. The number of non-ortho nitro benzene ring substituents is 1. The van der Waals surface area contributed by atoms with Crippen molar-refractivity contribution < 1.29 is 14.5 Å². The SMILES string of the molecule is COc1ccc([N+](=O)[O-])cc1C(=O)NCCc1ncc[nH]1. The summed E-state index contributed by atoms with van der Waals surface area (Å²) in [5.41, 5.74) is -0.0295. The average Bonchev–Trinajstić information content (AvgIpc) is 2.99. The number of H-pyrrole nitrogens is 1. The molecule has 0 unspecified atom stereocenters. The van der Waals surface area contributed by atoms with E-state index in [0.717, 1.165) is 5.82 Å². The smallest absolute Gasteiger partial charge is 0.270 e. The zero-order valence-corrected chi connectivity index (χ0v) is 11.3. The van der Waals surface area contributed by atoms with E-state index in [4.69, 9.17) is 4.74 Å². The molecule has 0 fully saturated rings. The van der Waals surface area contributed by atoms with Crippen LogP contribution >= 0.6 is 0 Å². The van der Waals surface area contributed by atoms with Crippen molar-refractivity contribution in [3.05, 3.63) is 52.1 Å². The number of nitrogens with zero attached hydrogens (tertiary/aromatic N) is 2. The first-order valence-electron chi connectivity index (χ1n) is 6.20. The topological polar surface area (TPSA) is 110 Å². The minimum absolute atomic E-state index is 0.131. The van der Waals surface area contributed by atoms with E-state index in [1.165, 1.54) is 25.3 Å². The summed E-state index contributed by atoms with van der Waals surface area (Å²) in [7, 11) is 1.40. The number of nitrogens with one attached hydrogen (secondary N) is 2. The van der Waals surface area contributed by atoms with Crippen LogP contribution < -0.4 is 10.1 Å². The van der Waals surface area contributed by atoms with E-state index in [1.54, 1.807) is 12.4 Å². The fourth-order valence-electron chi connectivity index (χ4n) is 1.81. The number of nitro groups is 1. The molecule has 0 radical (unpaired) electrons. The summed E-state index contributed by atoms with van der Waals surface area (Å²) >= 11 is 0. The van der Waals surface area contributed by atoms with Crippen molar-refractivity contribution >= 4 is 11.6 Å². The minimum atomic E-state index is -0.556. The number of nitro benzene ring substituents is 1. The van der Waals surface area contributed by atoms with Gasteiger partial charge in [0, 0.05) is 37.5 Å². The molecule has 0 saturated carbocycles. The lowest BCUT2D eigenvalue weighted by Gasteiger charge is -2.08. The maximum Gasteiger partial charge on any atom is 0.270 e. The van der Waals surface area contributed by atoms with Gasteiger partial charge in [-0.25, -0.2) is 4.98 Å². The van der Waals surface area contributed by atoms with Gasteiger partial charge in [0.15, 0.2) is 0 Å². The summed E-state index contributed by atoms with van der Waals surface area (Å²) in [6.45, 7) is 0.359. The Morgan fingerprint density at radius 3 is 2.95 bits per heavy atom. The van der Waals surface area contributed by atoms with E-state index < -0.39 is 10.8 Å². The number of carbonyl (C=O) groups excluding carboxylic acids is 1.